The molecular weight excluding hydrogens is 675 g/mol. The van der Waals surface area contributed by atoms with Crippen LogP contribution in [0.4, 0.5) is 11.1 Å². The molecule has 0 aliphatic carbocycles. The molecule has 1 fully saturated rings. The zero-order chi connectivity index (χ0) is 34.7. The van der Waals surface area contributed by atoms with Crippen molar-refractivity contribution in [2.45, 2.75) is 17.5 Å². The second kappa shape index (κ2) is 14.2. The van der Waals surface area contributed by atoms with Crippen molar-refractivity contribution in [3.05, 3.63) is 104 Å². The highest BCUT2D eigenvalue weighted by Gasteiger charge is 2.54. The topological polar surface area (TPSA) is 216 Å². The van der Waals surface area contributed by atoms with Crippen LogP contribution in [-0.2, 0) is 26.3 Å². The molecule has 4 heterocycles. The zero-order valence-corrected chi connectivity index (χ0v) is 27.6. The van der Waals surface area contributed by atoms with Gasteiger partial charge < -0.3 is 31.0 Å². The van der Waals surface area contributed by atoms with Gasteiger partial charge >= 0.3 is 17.4 Å². The zero-order valence-electron chi connectivity index (χ0n) is 26.0. The fourth-order valence-electron chi connectivity index (χ4n) is 5.27. The number of aromatic nitrogens is 4. The van der Waals surface area contributed by atoms with Gasteiger partial charge in [0.25, 0.3) is 11.8 Å². The molecule has 0 spiro atoms. The average molecular weight is 704 g/mol. The summed E-state index contributed by atoms with van der Waals surface area (Å²) in [5, 5.41) is 24.8. The summed E-state index contributed by atoms with van der Waals surface area (Å²) < 4.78 is 7.43. The number of nitrogens with two attached hydrogens (primary N) is 1. The van der Waals surface area contributed by atoms with E-state index in [0.717, 1.165) is 27.4 Å². The van der Waals surface area contributed by atoms with E-state index in [1.54, 1.807) is 7.05 Å². The summed E-state index contributed by atoms with van der Waals surface area (Å²) in [6.07, 6.45) is -0.619. The molecule has 1 unspecified atom stereocenters. The number of nitrogens with zero attached hydrogens (tertiary/aromatic N) is 6. The number of β-lactam (4-membered cyclic amide) rings is 1. The Morgan fingerprint density at radius 1 is 1.10 bits per heavy atom. The number of carbonyl (C=O) groups excluding carboxylic acids is 2. The standard InChI is InChI=1S/C31H29N9O7S2/c1-39-31(36-25(42)26(37-39)47-23(16-9-5-3-6-10-16)17-11-7-4-8-12-17)33-13-18-14-48-28-21(27(43)40(28)22(18)29(44)45)35-24(41)20(38-46-2)19-15-49-30(32)34-19/h3-12,15,21,23,28H,13-14H2,1-2H3,(H2,32,34)(H,35,41)(H,44,45)(H,33,36,42)/b38-20-/t21?,28-/m0/s1. The minimum absolute atomic E-state index is 0.0587. The summed E-state index contributed by atoms with van der Waals surface area (Å²) in [4.78, 5) is 65.8. The first-order valence-corrected chi connectivity index (χ1v) is 16.6. The molecule has 252 valence electrons. The number of benzene rings is 2. The average Bonchev–Trinajstić information content (AvgIpc) is 3.54. The number of carboxylic acid groups (broad SMARTS) is 1. The second-order valence-corrected chi connectivity index (χ2v) is 12.6. The predicted molar refractivity (Wildman–Crippen MR) is 181 cm³/mol. The first kappa shape index (κ1) is 33.2. The Hall–Kier alpha value is -5.75. The van der Waals surface area contributed by atoms with E-state index in [1.165, 1.54) is 28.9 Å². The van der Waals surface area contributed by atoms with Crippen LogP contribution in [0.2, 0.25) is 0 Å². The van der Waals surface area contributed by atoms with Crippen molar-refractivity contribution in [1.29, 1.82) is 0 Å². The van der Waals surface area contributed by atoms with Gasteiger partial charge in [0.05, 0.1) is 0 Å². The lowest BCUT2D eigenvalue weighted by Gasteiger charge is -2.49. The summed E-state index contributed by atoms with van der Waals surface area (Å²) in [7, 11) is 2.82. The molecule has 5 N–H and O–H groups in total. The van der Waals surface area contributed by atoms with Gasteiger partial charge in [-0.15, -0.1) is 28.2 Å². The fourth-order valence-corrected chi connectivity index (χ4v) is 7.17. The highest BCUT2D eigenvalue weighted by atomic mass is 32.2. The van der Waals surface area contributed by atoms with Crippen LogP contribution in [0.15, 0.2) is 87.3 Å². The van der Waals surface area contributed by atoms with Gasteiger partial charge in [0.1, 0.15) is 29.9 Å². The summed E-state index contributed by atoms with van der Waals surface area (Å²) >= 11 is 2.37. The Morgan fingerprint density at radius 3 is 2.37 bits per heavy atom. The van der Waals surface area contributed by atoms with Gasteiger partial charge in [-0.25, -0.2) is 14.5 Å². The maximum Gasteiger partial charge on any atom is 0.352 e. The number of carboxylic acids is 1. The van der Waals surface area contributed by atoms with Gasteiger partial charge in [-0.1, -0.05) is 65.8 Å². The Bertz CT molecular complexity index is 1980. The van der Waals surface area contributed by atoms with E-state index < -0.39 is 40.9 Å². The van der Waals surface area contributed by atoms with E-state index in [2.05, 4.69) is 30.9 Å². The minimum atomic E-state index is -1.32. The van der Waals surface area contributed by atoms with E-state index in [9.17, 15) is 24.3 Å². The highest BCUT2D eigenvalue weighted by Crippen LogP contribution is 2.40. The second-order valence-electron chi connectivity index (χ2n) is 10.7. The molecule has 16 nitrogen and oxygen atoms in total. The lowest BCUT2D eigenvalue weighted by Crippen LogP contribution is -2.71. The third-order valence-corrected chi connectivity index (χ3v) is 9.54. The number of ether oxygens (including phenoxy) is 1. The van der Waals surface area contributed by atoms with E-state index in [0.29, 0.717) is 5.57 Å². The molecule has 4 aromatic rings. The number of nitrogen functional groups attached to an aromatic ring is 1. The number of aryl methyl sites for hydroxylation is 1. The van der Waals surface area contributed by atoms with Crippen LogP contribution in [0.1, 0.15) is 22.9 Å². The van der Waals surface area contributed by atoms with Crippen molar-refractivity contribution in [2.75, 3.05) is 30.5 Å². The largest absolute Gasteiger partial charge is 0.477 e. The van der Waals surface area contributed by atoms with Crippen molar-refractivity contribution in [3.8, 4) is 5.88 Å². The van der Waals surface area contributed by atoms with Crippen molar-refractivity contribution >= 4 is 57.7 Å². The number of oxime groups is 1. The maximum absolute atomic E-state index is 13.2. The summed E-state index contributed by atoms with van der Waals surface area (Å²) in [5.41, 5.74) is 6.72. The van der Waals surface area contributed by atoms with Crippen LogP contribution in [0, 0.1) is 0 Å². The number of thiazole rings is 1. The number of rotatable bonds is 12. The lowest BCUT2D eigenvalue weighted by atomic mass is 10.0. The fraction of sp³-hybridized carbons (Fsp3) is 0.226. The third kappa shape index (κ3) is 6.81. The van der Waals surface area contributed by atoms with Gasteiger partial charge in [-0.2, -0.15) is 4.98 Å². The summed E-state index contributed by atoms with van der Waals surface area (Å²) in [6, 6.07) is 17.8. The van der Waals surface area contributed by atoms with Crippen molar-refractivity contribution in [3.63, 3.8) is 0 Å². The van der Waals surface area contributed by atoms with E-state index in [4.69, 9.17) is 15.3 Å². The van der Waals surface area contributed by atoms with Crippen LogP contribution in [-0.4, -0.2) is 84.1 Å². The number of hydrogen-bond acceptors (Lipinski definition) is 14. The first-order valence-electron chi connectivity index (χ1n) is 14.7. The Labute approximate surface area is 286 Å². The molecule has 18 heteroatoms. The van der Waals surface area contributed by atoms with Gasteiger partial charge in [-0.05, 0) is 16.7 Å². The number of amides is 2. The maximum atomic E-state index is 13.2. The summed E-state index contributed by atoms with van der Waals surface area (Å²) in [5.74, 6) is -2.62. The Morgan fingerprint density at radius 2 is 1.78 bits per heavy atom. The molecule has 0 saturated carbocycles. The Balaban J connectivity index is 1.16. The van der Waals surface area contributed by atoms with Crippen LogP contribution in [0.3, 0.4) is 0 Å². The molecule has 2 aromatic heterocycles. The number of thioether (sulfide) groups is 1. The molecular formula is C31H29N9O7S2. The smallest absolute Gasteiger partial charge is 0.352 e. The predicted octanol–water partition coefficient (Wildman–Crippen LogP) is 1.58. The third-order valence-electron chi connectivity index (χ3n) is 7.53. The monoisotopic (exact) mass is 703 g/mol. The van der Waals surface area contributed by atoms with Crippen LogP contribution in [0.25, 0.3) is 0 Å². The number of nitrogens with one attached hydrogen (secondary N) is 2. The molecule has 0 bridgehead atoms. The summed E-state index contributed by atoms with van der Waals surface area (Å²) in [6.45, 7) is -0.0587. The molecule has 2 aromatic carbocycles. The van der Waals surface area contributed by atoms with Gasteiger partial charge in [0, 0.05) is 24.7 Å². The van der Waals surface area contributed by atoms with E-state index in [1.807, 2.05) is 60.7 Å². The molecule has 0 radical (unpaired) electrons. The number of anilines is 2. The van der Waals surface area contributed by atoms with Gasteiger partial charge in [-0.3, -0.25) is 19.3 Å². The molecule has 2 atom stereocenters. The van der Waals surface area contributed by atoms with Crippen molar-refractivity contribution in [2.24, 2.45) is 12.2 Å². The van der Waals surface area contributed by atoms with Gasteiger partial charge in [0.15, 0.2) is 16.9 Å². The van der Waals surface area contributed by atoms with Crippen molar-refractivity contribution in [1.82, 2.24) is 30.0 Å². The number of hydrogen-bond donors (Lipinski definition) is 4. The van der Waals surface area contributed by atoms with E-state index in [-0.39, 0.29) is 46.4 Å². The number of carbonyl (C=O) groups is 3. The quantitative estimate of drug-likeness (QED) is 0.0938. The van der Waals surface area contributed by atoms with Crippen LogP contribution in [0.5, 0.6) is 5.88 Å². The van der Waals surface area contributed by atoms with E-state index >= 15 is 0 Å². The highest BCUT2D eigenvalue weighted by molar-refractivity contribution is 8.00. The molecule has 49 heavy (non-hydrogen) atoms. The lowest BCUT2D eigenvalue weighted by molar-refractivity contribution is -0.150. The molecule has 2 aliphatic heterocycles. The molecule has 6 rings (SSSR count). The normalized spacial score (nSPS) is 17.3. The number of fused-ring (bicyclic) bond motifs is 1. The minimum Gasteiger partial charge on any atom is -0.477 e. The van der Waals surface area contributed by atoms with Crippen LogP contribution >= 0.6 is 23.1 Å². The van der Waals surface area contributed by atoms with Crippen molar-refractivity contribution < 1.29 is 29.1 Å². The Kier molecular flexibility index (Phi) is 9.58. The van der Waals surface area contributed by atoms with Gasteiger partial charge in [0.2, 0.25) is 5.95 Å². The van der Waals surface area contributed by atoms with Crippen LogP contribution < -0.4 is 26.7 Å². The first-order chi connectivity index (χ1) is 23.7. The molecule has 2 amide bonds. The SMILES string of the molecule is CO/N=C(\C(=O)NC1C(=O)N2C(C(=O)O)=C(CNc3nc(=O)c(OC(c4ccccc4)c4ccccc4)nn3C)CS[C@@H]12)c1csc(N)n1. The molecule has 2 aliphatic rings. The molecule has 1 saturated heterocycles. The number of aliphatic carboxylic acids is 1.